The molecule has 2 aliphatic heterocycles. The molecule has 5 aromatic rings. The molecule has 174 valence electrons. The van der Waals surface area contributed by atoms with Crippen molar-refractivity contribution in [3.8, 4) is 5.75 Å². The van der Waals surface area contributed by atoms with Crippen molar-refractivity contribution in [3.63, 3.8) is 0 Å². The zero-order valence-corrected chi connectivity index (χ0v) is 19.6. The summed E-state index contributed by atoms with van der Waals surface area (Å²) in [6, 6.07) is 18.4. The summed E-state index contributed by atoms with van der Waals surface area (Å²) >= 11 is 0. The number of ether oxygens (including phenoxy) is 1. The van der Waals surface area contributed by atoms with Gasteiger partial charge in [0.25, 0.3) is 5.91 Å². The topological polar surface area (TPSA) is 78.8 Å². The molecule has 7 heteroatoms. The Bertz CT molecular complexity index is 1710. The number of rotatable bonds is 2. The number of hydrogen-bond acceptors (Lipinski definition) is 4. The predicted octanol–water partition coefficient (Wildman–Crippen LogP) is 5.70. The molecule has 2 aromatic heterocycles. The smallest absolute Gasteiger partial charge is 0.333 e. The molecule has 0 spiro atoms. The van der Waals surface area contributed by atoms with Crippen molar-refractivity contribution in [2.24, 2.45) is 0 Å². The number of amides is 3. The quantitative estimate of drug-likeness (QED) is 0.339. The van der Waals surface area contributed by atoms with Crippen LogP contribution in [0.2, 0.25) is 0 Å². The zero-order chi connectivity index (χ0) is 24.1. The lowest BCUT2D eigenvalue weighted by Crippen LogP contribution is -2.52. The number of nitrogens with zero attached hydrogens (tertiary/aromatic N) is 2. The van der Waals surface area contributed by atoms with Crippen LogP contribution >= 0.6 is 0 Å². The number of benzene rings is 3. The molecule has 1 fully saturated rings. The molecular weight excluding hydrogens is 442 g/mol. The predicted molar refractivity (Wildman–Crippen MR) is 134 cm³/mol. The van der Waals surface area contributed by atoms with Crippen molar-refractivity contribution in [3.05, 3.63) is 71.9 Å². The standard InChI is InChI=1S/C28H23N3O4/c1-28(2)25-18(15-8-4-6-10-19(15)29-25)13-21-26(32)30(27(33)31(21)28)20-12-17-16-9-5-7-11-22(16)35-23(17)14-24(20)34-3/h4-12,14,21,29H,13H2,1-3H3/t21-/m1/s1. The van der Waals surface area contributed by atoms with Crippen molar-refractivity contribution in [1.29, 1.82) is 0 Å². The number of H-pyrrole nitrogens is 1. The fourth-order valence-corrected chi connectivity index (χ4v) is 5.95. The van der Waals surface area contributed by atoms with E-state index in [1.165, 1.54) is 12.0 Å². The minimum Gasteiger partial charge on any atom is -0.494 e. The number of fused-ring (bicyclic) bond motifs is 7. The first kappa shape index (κ1) is 20.1. The van der Waals surface area contributed by atoms with Crippen LogP contribution in [-0.4, -0.2) is 35.0 Å². The maximum Gasteiger partial charge on any atom is 0.333 e. The summed E-state index contributed by atoms with van der Waals surface area (Å²) in [6.07, 6.45) is 0.461. The highest BCUT2D eigenvalue weighted by Crippen LogP contribution is 2.47. The molecule has 7 nitrogen and oxygen atoms in total. The maximum absolute atomic E-state index is 13.9. The Hall–Kier alpha value is -4.26. The highest BCUT2D eigenvalue weighted by atomic mass is 16.5. The molecule has 0 saturated carbocycles. The highest BCUT2D eigenvalue weighted by molar-refractivity contribution is 6.24. The summed E-state index contributed by atoms with van der Waals surface area (Å²) in [4.78, 5) is 34.3. The Labute approximate surface area is 200 Å². The van der Waals surface area contributed by atoms with E-state index in [0.717, 1.165) is 38.5 Å². The Morgan fingerprint density at radius 3 is 2.51 bits per heavy atom. The van der Waals surface area contributed by atoms with E-state index in [-0.39, 0.29) is 11.9 Å². The third kappa shape index (κ3) is 2.50. The Kier molecular flexibility index (Phi) is 3.83. The fraction of sp³-hybridized carbons (Fsp3) is 0.214. The van der Waals surface area contributed by atoms with Crippen LogP contribution in [-0.2, 0) is 16.8 Å². The number of methoxy groups -OCH3 is 1. The van der Waals surface area contributed by atoms with Gasteiger partial charge in [-0.2, -0.15) is 0 Å². The summed E-state index contributed by atoms with van der Waals surface area (Å²) in [7, 11) is 1.53. The summed E-state index contributed by atoms with van der Waals surface area (Å²) in [5.41, 5.74) is 4.20. The zero-order valence-electron chi connectivity index (χ0n) is 19.6. The van der Waals surface area contributed by atoms with Crippen LogP contribution in [0.4, 0.5) is 10.5 Å². The van der Waals surface area contributed by atoms with E-state index in [1.807, 2.05) is 62.4 Å². The second kappa shape index (κ2) is 6.66. The monoisotopic (exact) mass is 465 g/mol. The van der Waals surface area contributed by atoms with E-state index in [9.17, 15) is 9.59 Å². The first-order valence-corrected chi connectivity index (χ1v) is 11.7. The lowest BCUT2D eigenvalue weighted by atomic mass is 9.85. The number of urea groups is 1. The molecule has 2 aliphatic rings. The number of hydrogen-bond donors (Lipinski definition) is 1. The molecule has 0 radical (unpaired) electrons. The number of imide groups is 1. The lowest BCUT2D eigenvalue weighted by molar-refractivity contribution is -0.121. The number of aromatic amines is 1. The van der Waals surface area contributed by atoms with Gasteiger partial charge in [-0.25, -0.2) is 9.69 Å². The van der Waals surface area contributed by atoms with Gasteiger partial charge in [0.2, 0.25) is 0 Å². The van der Waals surface area contributed by atoms with Gasteiger partial charge in [-0.3, -0.25) is 4.79 Å². The van der Waals surface area contributed by atoms with Crippen molar-refractivity contribution in [2.75, 3.05) is 12.0 Å². The Morgan fingerprint density at radius 1 is 0.971 bits per heavy atom. The van der Waals surface area contributed by atoms with Gasteiger partial charge >= 0.3 is 6.03 Å². The van der Waals surface area contributed by atoms with Crippen LogP contribution in [0, 0.1) is 0 Å². The molecule has 7 rings (SSSR count). The first-order chi connectivity index (χ1) is 16.9. The summed E-state index contributed by atoms with van der Waals surface area (Å²) in [6.45, 7) is 3.98. The third-order valence-corrected chi connectivity index (χ3v) is 7.56. The van der Waals surface area contributed by atoms with E-state index >= 15 is 0 Å². The minimum atomic E-state index is -0.696. The number of carbonyl (C=O) groups is 2. The second-order valence-corrected chi connectivity index (χ2v) is 9.75. The molecule has 0 unspecified atom stereocenters. The number of furan rings is 1. The Morgan fingerprint density at radius 2 is 1.71 bits per heavy atom. The van der Waals surface area contributed by atoms with Gasteiger partial charge in [-0.1, -0.05) is 36.4 Å². The number of nitrogens with one attached hydrogen (secondary N) is 1. The number of para-hydroxylation sites is 2. The first-order valence-electron chi connectivity index (χ1n) is 11.7. The normalized spacial score (nSPS) is 19.1. The van der Waals surface area contributed by atoms with E-state index < -0.39 is 11.6 Å². The maximum atomic E-state index is 13.9. The molecule has 0 aliphatic carbocycles. The van der Waals surface area contributed by atoms with Crippen LogP contribution in [0.1, 0.15) is 25.1 Å². The Balaban J connectivity index is 1.40. The molecular formula is C28H23N3O4. The van der Waals surface area contributed by atoms with Crippen LogP contribution in [0.3, 0.4) is 0 Å². The van der Waals surface area contributed by atoms with Crippen LogP contribution in [0.25, 0.3) is 32.8 Å². The summed E-state index contributed by atoms with van der Waals surface area (Å²) in [5.74, 6) is 0.171. The molecule has 35 heavy (non-hydrogen) atoms. The van der Waals surface area contributed by atoms with Crippen LogP contribution < -0.4 is 9.64 Å². The number of aromatic nitrogens is 1. The van der Waals surface area contributed by atoms with Crippen molar-refractivity contribution >= 4 is 50.5 Å². The molecule has 3 amide bonds. The number of carbonyl (C=O) groups excluding carboxylic acids is 2. The molecule has 4 heterocycles. The average molecular weight is 466 g/mol. The second-order valence-electron chi connectivity index (χ2n) is 9.75. The highest BCUT2D eigenvalue weighted by Gasteiger charge is 2.56. The molecule has 1 N–H and O–H groups in total. The van der Waals surface area contributed by atoms with E-state index in [4.69, 9.17) is 9.15 Å². The van der Waals surface area contributed by atoms with Crippen LogP contribution in [0.5, 0.6) is 5.75 Å². The lowest BCUT2D eigenvalue weighted by Gasteiger charge is -2.42. The SMILES string of the molecule is COc1cc2oc3ccccc3c2cc1N1C(=O)[C@H]2Cc3c([nH]c4ccccc34)C(C)(C)N2C1=O. The van der Waals surface area contributed by atoms with Gasteiger partial charge < -0.3 is 19.0 Å². The van der Waals surface area contributed by atoms with Gasteiger partial charge in [0, 0.05) is 39.9 Å². The van der Waals surface area contributed by atoms with E-state index in [2.05, 4.69) is 11.1 Å². The average Bonchev–Trinajstić information content (AvgIpc) is 3.49. The molecule has 1 saturated heterocycles. The van der Waals surface area contributed by atoms with Gasteiger partial charge in [0.05, 0.1) is 18.3 Å². The summed E-state index contributed by atoms with van der Waals surface area (Å²) < 4.78 is 11.6. The van der Waals surface area contributed by atoms with Gasteiger partial charge in [0.15, 0.2) is 0 Å². The number of anilines is 1. The van der Waals surface area contributed by atoms with Gasteiger partial charge in [-0.15, -0.1) is 0 Å². The van der Waals surface area contributed by atoms with Crippen LogP contribution in [0.15, 0.2) is 65.1 Å². The fourth-order valence-electron chi connectivity index (χ4n) is 5.95. The molecule has 1 atom stereocenters. The summed E-state index contributed by atoms with van der Waals surface area (Å²) in [5, 5.41) is 2.85. The molecule has 3 aromatic carbocycles. The van der Waals surface area contributed by atoms with Gasteiger partial charge in [-0.05, 0) is 37.6 Å². The molecule has 0 bridgehead atoms. The largest absolute Gasteiger partial charge is 0.494 e. The van der Waals surface area contributed by atoms with E-state index in [0.29, 0.717) is 23.4 Å². The van der Waals surface area contributed by atoms with Crippen molar-refractivity contribution in [1.82, 2.24) is 9.88 Å². The van der Waals surface area contributed by atoms with E-state index in [1.54, 1.807) is 11.0 Å². The van der Waals surface area contributed by atoms with Gasteiger partial charge in [0.1, 0.15) is 23.0 Å². The van der Waals surface area contributed by atoms with Crippen molar-refractivity contribution < 1.29 is 18.7 Å². The minimum absolute atomic E-state index is 0.246. The third-order valence-electron chi connectivity index (χ3n) is 7.56. The van der Waals surface area contributed by atoms with Crippen molar-refractivity contribution in [2.45, 2.75) is 31.8 Å².